The smallest absolute Gasteiger partial charge is 0.251 e. The molecule has 0 unspecified atom stereocenters. The number of nitrogens with one attached hydrogen (secondary N) is 5. The van der Waals surface area contributed by atoms with Crippen molar-refractivity contribution >= 4 is 29.2 Å². The highest BCUT2D eigenvalue weighted by Gasteiger charge is 2.54. The summed E-state index contributed by atoms with van der Waals surface area (Å²) in [5.74, 6) is -0.402. The van der Waals surface area contributed by atoms with Crippen LogP contribution in [-0.4, -0.2) is 67.7 Å². The Balaban J connectivity index is 1.40. The van der Waals surface area contributed by atoms with Crippen LogP contribution in [0.1, 0.15) is 62.2 Å². The van der Waals surface area contributed by atoms with E-state index < -0.39 is 17.3 Å². The number of halogens is 1. The van der Waals surface area contributed by atoms with Gasteiger partial charge in [-0.1, -0.05) is 12.1 Å². The van der Waals surface area contributed by atoms with Gasteiger partial charge in [-0.05, 0) is 115 Å². The van der Waals surface area contributed by atoms with Crippen molar-refractivity contribution in [1.29, 1.82) is 10.7 Å². The Kier molecular flexibility index (Phi) is 8.80. The molecular weight excluding hydrogens is 597 g/mol. The van der Waals surface area contributed by atoms with Gasteiger partial charge in [-0.15, -0.1) is 0 Å². The molecule has 6 rings (SSSR count). The number of nitriles is 1. The minimum absolute atomic E-state index is 0.0567. The molecule has 3 aliphatic rings. The lowest BCUT2D eigenvalue weighted by Gasteiger charge is -2.38. The number of carbonyl (C=O) groups excluding carboxylic acids is 3. The van der Waals surface area contributed by atoms with Gasteiger partial charge in [0.1, 0.15) is 17.7 Å². The molecule has 5 N–H and O–H groups in total. The Labute approximate surface area is 273 Å². The Morgan fingerprint density at radius 3 is 2.09 bits per heavy atom. The summed E-state index contributed by atoms with van der Waals surface area (Å²) in [5, 5.41) is 31.1. The SMILES string of the molecule is CNC(=O)c1ccc2c(c1)CCc1cc(C(=O)NC)ccc1C2(CCNCC(=O)N1[C@H](C#N)C[C@@H]2C[C@@H]21)C(=N)Nc1ccc(F)cc1. The number of amidine groups is 1. The highest BCUT2D eigenvalue weighted by atomic mass is 19.1. The molecule has 2 aliphatic carbocycles. The third-order valence-corrected chi connectivity index (χ3v) is 9.81. The Hall–Kier alpha value is -5.08. The summed E-state index contributed by atoms with van der Waals surface area (Å²) in [6.07, 6.45) is 3.15. The summed E-state index contributed by atoms with van der Waals surface area (Å²) in [5.41, 5.74) is 3.86. The van der Waals surface area contributed by atoms with Crippen LogP contribution in [0.5, 0.6) is 0 Å². The summed E-state index contributed by atoms with van der Waals surface area (Å²) in [6, 6.07) is 18.8. The predicted molar refractivity (Wildman–Crippen MR) is 176 cm³/mol. The van der Waals surface area contributed by atoms with Crippen molar-refractivity contribution in [1.82, 2.24) is 20.9 Å². The third kappa shape index (κ3) is 5.97. The van der Waals surface area contributed by atoms with Crippen LogP contribution >= 0.6 is 0 Å². The summed E-state index contributed by atoms with van der Waals surface area (Å²) in [4.78, 5) is 40.3. The van der Waals surface area contributed by atoms with Crippen LogP contribution in [0.15, 0.2) is 60.7 Å². The molecule has 3 aromatic rings. The number of nitrogens with zero attached hydrogens (tertiary/aromatic N) is 2. The third-order valence-electron chi connectivity index (χ3n) is 9.81. The molecule has 0 radical (unpaired) electrons. The standard InChI is InChI=1S/C36H38FN7O3/c1-40-33(46)23-5-11-29-21(15-23)3-4-22-16-24(34(47)41-2)6-12-30(22)36(29,35(39)43-27-9-7-26(37)8-10-27)13-14-42-20-32(45)44-28(19-38)17-25-18-31(25)44/h5-12,15-16,25,28,31,42H,3-4,13-14,17-18,20H2,1-2H3,(H2,39,43)(H,40,46)(H,41,47)/t25-,28+,31+/m1/s1. The maximum atomic E-state index is 13.8. The number of aryl methyl sites for hydroxylation is 2. The van der Waals surface area contributed by atoms with Crippen molar-refractivity contribution in [2.24, 2.45) is 5.92 Å². The maximum absolute atomic E-state index is 13.8. The van der Waals surface area contributed by atoms with Crippen LogP contribution in [0.2, 0.25) is 0 Å². The van der Waals surface area contributed by atoms with E-state index >= 15 is 0 Å². The zero-order valence-corrected chi connectivity index (χ0v) is 26.5. The molecule has 11 heteroatoms. The van der Waals surface area contributed by atoms with E-state index in [0.717, 1.165) is 35.1 Å². The summed E-state index contributed by atoms with van der Waals surface area (Å²) in [7, 11) is 3.15. The molecule has 10 nitrogen and oxygen atoms in total. The fourth-order valence-corrected chi connectivity index (χ4v) is 7.36. The van der Waals surface area contributed by atoms with Crippen LogP contribution < -0.4 is 21.3 Å². The maximum Gasteiger partial charge on any atom is 0.251 e. The lowest BCUT2D eigenvalue weighted by molar-refractivity contribution is -0.131. The first-order valence-corrected chi connectivity index (χ1v) is 15.9. The summed E-state index contributed by atoms with van der Waals surface area (Å²) >= 11 is 0. The van der Waals surface area contributed by atoms with E-state index in [1.165, 1.54) is 12.1 Å². The molecule has 0 bridgehead atoms. The van der Waals surface area contributed by atoms with Gasteiger partial charge in [0, 0.05) is 37.0 Å². The molecule has 242 valence electrons. The summed E-state index contributed by atoms with van der Waals surface area (Å²) in [6.45, 7) is 0.396. The lowest BCUT2D eigenvalue weighted by atomic mass is 9.68. The Morgan fingerprint density at radius 2 is 1.53 bits per heavy atom. The molecule has 3 atom stereocenters. The molecule has 2 fully saturated rings. The van der Waals surface area contributed by atoms with Crippen LogP contribution in [0.3, 0.4) is 0 Å². The van der Waals surface area contributed by atoms with E-state index in [2.05, 4.69) is 27.3 Å². The second-order valence-electron chi connectivity index (χ2n) is 12.5. The number of piperidine rings is 1. The fraction of sp³-hybridized carbons (Fsp3) is 0.361. The Morgan fingerprint density at radius 1 is 0.936 bits per heavy atom. The first-order valence-electron chi connectivity index (χ1n) is 15.9. The van der Waals surface area contributed by atoms with E-state index in [1.807, 2.05) is 24.3 Å². The molecule has 1 heterocycles. The molecule has 0 spiro atoms. The lowest BCUT2D eigenvalue weighted by Crippen LogP contribution is -2.46. The molecule has 0 aromatic heterocycles. The van der Waals surface area contributed by atoms with Gasteiger partial charge in [0.15, 0.2) is 0 Å². The van der Waals surface area contributed by atoms with E-state index in [4.69, 9.17) is 0 Å². The number of carbonyl (C=O) groups is 3. The van der Waals surface area contributed by atoms with E-state index in [9.17, 15) is 29.4 Å². The zero-order valence-electron chi connectivity index (χ0n) is 26.5. The van der Waals surface area contributed by atoms with Gasteiger partial charge in [0.05, 0.1) is 18.0 Å². The van der Waals surface area contributed by atoms with Crippen molar-refractivity contribution < 1.29 is 18.8 Å². The first kappa shape index (κ1) is 31.9. The zero-order chi connectivity index (χ0) is 33.3. The minimum atomic E-state index is -1.10. The molecule has 1 aliphatic heterocycles. The summed E-state index contributed by atoms with van der Waals surface area (Å²) < 4.78 is 13.8. The van der Waals surface area contributed by atoms with Gasteiger partial charge < -0.3 is 26.2 Å². The fourth-order valence-electron chi connectivity index (χ4n) is 7.36. The molecule has 1 saturated carbocycles. The number of amides is 3. The highest BCUT2D eigenvalue weighted by Crippen LogP contribution is 2.48. The average Bonchev–Trinajstić information content (AvgIpc) is 3.78. The molecule has 3 amide bonds. The van der Waals surface area contributed by atoms with Gasteiger partial charge in [-0.3, -0.25) is 19.8 Å². The molecule has 1 saturated heterocycles. The molecule has 47 heavy (non-hydrogen) atoms. The number of benzene rings is 3. The monoisotopic (exact) mass is 635 g/mol. The minimum Gasteiger partial charge on any atom is -0.355 e. The van der Waals surface area contributed by atoms with E-state index in [-0.39, 0.29) is 36.1 Å². The Bertz CT molecular complexity index is 1720. The highest BCUT2D eigenvalue weighted by molar-refractivity contribution is 6.05. The van der Waals surface area contributed by atoms with Crippen molar-refractivity contribution in [3.63, 3.8) is 0 Å². The van der Waals surface area contributed by atoms with Crippen LogP contribution in [0.25, 0.3) is 0 Å². The number of anilines is 1. The number of likely N-dealkylation sites (tertiary alicyclic amines) is 1. The van der Waals surface area contributed by atoms with Gasteiger partial charge >= 0.3 is 0 Å². The average molecular weight is 636 g/mol. The van der Waals surface area contributed by atoms with Crippen molar-refractivity contribution in [3.8, 4) is 6.07 Å². The van der Waals surface area contributed by atoms with Crippen LogP contribution in [0.4, 0.5) is 10.1 Å². The quantitative estimate of drug-likeness (QED) is 0.138. The number of rotatable bonds is 9. The van der Waals surface area contributed by atoms with Gasteiger partial charge in [-0.2, -0.15) is 5.26 Å². The number of hydrogen-bond acceptors (Lipinski definition) is 6. The van der Waals surface area contributed by atoms with E-state index in [0.29, 0.717) is 48.5 Å². The van der Waals surface area contributed by atoms with Crippen LogP contribution in [0, 0.1) is 28.5 Å². The largest absolute Gasteiger partial charge is 0.355 e. The van der Waals surface area contributed by atoms with E-state index in [1.54, 1.807) is 43.3 Å². The van der Waals surface area contributed by atoms with Gasteiger partial charge in [-0.25, -0.2) is 4.39 Å². The van der Waals surface area contributed by atoms with Crippen molar-refractivity contribution in [3.05, 3.63) is 99.9 Å². The van der Waals surface area contributed by atoms with Crippen molar-refractivity contribution in [2.75, 3.05) is 32.5 Å². The van der Waals surface area contributed by atoms with Crippen molar-refractivity contribution in [2.45, 2.75) is 49.6 Å². The molecule has 3 aromatic carbocycles. The number of hydrogen-bond donors (Lipinski definition) is 5. The van der Waals surface area contributed by atoms with Gasteiger partial charge in [0.2, 0.25) is 5.91 Å². The van der Waals surface area contributed by atoms with Crippen LogP contribution in [-0.2, 0) is 23.1 Å². The number of fused-ring (bicyclic) bond motifs is 3. The first-order chi connectivity index (χ1) is 22.7. The normalized spacial score (nSPS) is 20.0. The van der Waals surface area contributed by atoms with Gasteiger partial charge in [0.25, 0.3) is 11.8 Å². The predicted octanol–water partition coefficient (Wildman–Crippen LogP) is 3.51. The topological polar surface area (TPSA) is 150 Å². The molecular formula is C36H38FN7O3. The second-order valence-corrected chi connectivity index (χ2v) is 12.5. The second kappa shape index (κ2) is 13.0.